The fraction of sp³-hybridized carbons (Fsp3) is 0.263. The predicted octanol–water partition coefficient (Wildman–Crippen LogP) is 3.67. The fourth-order valence-electron chi connectivity index (χ4n) is 3.23. The van der Waals surface area contributed by atoms with Crippen LogP contribution < -0.4 is 15.8 Å². The molecule has 0 saturated carbocycles. The molecule has 1 atom stereocenters. The van der Waals surface area contributed by atoms with Crippen LogP contribution in [0, 0.1) is 0 Å². The summed E-state index contributed by atoms with van der Waals surface area (Å²) >= 11 is 12.1. The average Bonchev–Trinajstić information content (AvgIpc) is 2.63. The van der Waals surface area contributed by atoms with E-state index in [9.17, 15) is 9.59 Å². The van der Waals surface area contributed by atoms with Crippen molar-refractivity contribution in [1.82, 2.24) is 5.32 Å². The van der Waals surface area contributed by atoms with Gasteiger partial charge in [-0.3, -0.25) is 0 Å². The van der Waals surface area contributed by atoms with Crippen molar-refractivity contribution >= 4 is 35.3 Å². The molecule has 1 heterocycles. The molecule has 0 radical (unpaired) electrons. The monoisotopic (exact) mass is 408 g/mol. The second-order valence-electron chi connectivity index (χ2n) is 6.17. The van der Waals surface area contributed by atoms with E-state index in [4.69, 9.17) is 33.7 Å². The number of hydrogen-bond donors (Lipinski definition) is 2. The van der Waals surface area contributed by atoms with Crippen LogP contribution in [0.15, 0.2) is 30.3 Å². The first-order chi connectivity index (χ1) is 12.9. The molecule has 1 aliphatic heterocycles. The van der Waals surface area contributed by atoms with E-state index in [1.165, 1.54) is 7.11 Å². The Hall–Kier alpha value is -2.28. The summed E-state index contributed by atoms with van der Waals surface area (Å²) in [6, 6.07) is 8.94. The van der Waals surface area contributed by atoms with Gasteiger partial charge in [-0.25, -0.2) is 9.59 Å². The van der Waals surface area contributed by atoms with Gasteiger partial charge in [-0.05, 0) is 60.3 Å². The largest absolute Gasteiger partial charge is 0.496 e. The third-order valence-corrected chi connectivity index (χ3v) is 5.20. The van der Waals surface area contributed by atoms with Crippen molar-refractivity contribution in [2.75, 3.05) is 13.7 Å². The lowest BCUT2D eigenvalue weighted by molar-refractivity contribution is 0.0634. The van der Waals surface area contributed by atoms with Crippen molar-refractivity contribution in [3.8, 4) is 5.75 Å². The van der Waals surface area contributed by atoms with E-state index < -0.39 is 12.1 Å². The molecule has 3 rings (SSSR count). The Morgan fingerprint density at radius 3 is 2.67 bits per heavy atom. The molecule has 0 spiro atoms. The minimum Gasteiger partial charge on any atom is -0.496 e. The number of benzene rings is 2. The van der Waals surface area contributed by atoms with E-state index in [1.54, 1.807) is 18.2 Å². The number of ether oxygens (including phenoxy) is 2. The van der Waals surface area contributed by atoms with Gasteiger partial charge in [0, 0.05) is 6.04 Å². The molecule has 2 aromatic rings. The Labute approximate surface area is 166 Å². The zero-order valence-corrected chi connectivity index (χ0v) is 16.1. The molecule has 3 N–H and O–H groups in total. The lowest BCUT2D eigenvalue weighted by Crippen LogP contribution is -2.31. The highest BCUT2D eigenvalue weighted by Gasteiger charge is 2.26. The molecular formula is C19H18Cl2N2O4. The zero-order valence-electron chi connectivity index (χ0n) is 14.6. The summed E-state index contributed by atoms with van der Waals surface area (Å²) in [5, 5.41) is 4.43. The molecule has 1 aliphatic rings. The van der Waals surface area contributed by atoms with Crippen molar-refractivity contribution in [2.45, 2.75) is 18.9 Å². The maximum absolute atomic E-state index is 12.2. The Bertz CT molecular complexity index is 902. The highest BCUT2D eigenvalue weighted by molar-refractivity contribution is 6.42. The topological polar surface area (TPSA) is 90.7 Å². The molecule has 0 aromatic heterocycles. The minimum absolute atomic E-state index is 0.0444. The first-order valence-electron chi connectivity index (χ1n) is 8.28. The number of primary amides is 1. The van der Waals surface area contributed by atoms with Crippen LogP contribution in [0.3, 0.4) is 0 Å². The number of hydrogen-bond acceptors (Lipinski definition) is 5. The molecule has 8 heteroatoms. The lowest BCUT2D eigenvalue weighted by atomic mass is 9.88. The second kappa shape index (κ2) is 8.17. The van der Waals surface area contributed by atoms with Gasteiger partial charge in [-0.15, -0.1) is 0 Å². The van der Waals surface area contributed by atoms with E-state index in [-0.39, 0.29) is 11.6 Å². The van der Waals surface area contributed by atoms with Crippen LogP contribution in [0.1, 0.15) is 33.1 Å². The van der Waals surface area contributed by atoms with Gasteiger partial charge < -0.3 is 20.5 Å². The minimum atomic E-state index is -1.16. The second-order valence-corrected chi connectivity index (χ2v) is 6.98. The number of fused-ring (bicyclic) bond motifs is 1. The maximum atomic E-state index is 12.2. The highest BCUT2D eigenvalue weighted by Crippen LogP contribution is 2.33. The summed E-state index contributed by atoms with van der Waals surface area (Å²) < 4.78 is 9.81. The van der Waals surface area contributed by atoms with Crippen molar-refractivity contribution in [2.24, 2.45) is 5.73 Å². The van der Waals surface area contributed by atoms with Gasteiger partial charge in [-0.1, -0.05) is 29.3 Å². The van der Waals surface area contributed by atoms with Crippen molar-refractivity contribution in [3.63, 3.8) is 0 Å². The van der Waals surface area contributed by atoms with Crippen LogP contribution in [-0.4, -0.2) is 25.7 Å². The van der Waals surface area contributed by atoms with Crippen molar-refractivity contribution in [3.05, 3.63) is 62.6 Å². The number of amides is 1. The van der Waals surface area contributed by atoms with Crippen LogP contribution in [0.5, 0.6) is 5.75 Å². The number of nitrogens with one attached hydrogen (secondary N) is 1. The first kappa shape index (κ1) is 19.5. The third-order valence-electron chi connectivity index (χ3n) is 4.46. The van der Waals surface area contributed by atoms with E-state index in [0.717, 1.165) is 29.7 Å². The predicted molar refractivity (Wildman–Crippen MR) is 103 cm³/mol. The Kier molecular flexibility index (Phi) is 5.89. The summed E-state index contributed by atoms with van der Waals surface area (Å²) in [7, 11) is 1.46. The molecule has 0 bridgehead atoms. The summed E-state index contributed by atoms with van der Waals surface area (Å²) in [6.07, 6.45) is 0.278. The molecule has 0 saturated heterocycles. The van der Waals surface area contributed by atoms with Gasteiger partial charge in [0.25, 0.3) is 0 Å². The van der Waals surface area contributed by atoms with Gasteiger partial charge in [0.15, 0.2) is 0 Å². The van der Waals surface area contributed by atoms with E-state index in [1.807, 2.05) is 12.1 Å². The molecule has 27 heavy (non-hydrogen) atoms. The zero-order chi connectivity index (χ0) is 19.6. The molecular weight excluding hydrogens is 391 g/mol. The summed E-state index contributed by atoms with van der Waals surface area (Å²) in [5.41, 5.74) is 8.11. The number of halogens is 2. The third kappa shape index (κ3) is 4.35. The standard InChI is InChI=1S/C19H18Cl2N2O4/c1-26-17-8-11-4-5-23-16(7-10-2-3-14(20)15(21)6-10)12(11)9-13(17)18(24)27-19(22)25/h2-3,6,8-9,16,23H,4-5,7H2,1H3,(H2,22,25). The molecule has 1 amide bonds. The summed E-state index contributed by atoms with van der Waals surface area (Å²) in [6.45, 7) is 0.785. The number of nitrogens with two attached hydrogens (primary N) is 1. The van der Waals surface area contributed by atoms with Crippen LogP contribution in [-0.2, 0) is 17.6 Å². The Morgan fingerprint density at radius 2 is 2.00 bits per heavy atom. The molecule has 0 fully saturated rings. The van der Waals surface area contributed by atoms with Gasteiger partial charge in [-0.2, -0.15) is 0 Å². The van der Waals surface area contributed by atoms with E-state index in [0.29, 0.717) is 22.2 Å². The highest BCUT2D eigenvalue weighted by atomic mass is 35.5. The summed E-state index contributed by atoms with van der Waals surface area (Å²) in [4.78, 5) is 23.2. The fourth-order valence-corrected chi connectivity index (χ4v) is 3.55. The maximum Gasteiger partial charge on any atom is 0.412 e. The molecule has 2 aromatic carbocycles. The Balaban J connectivity index is 1.96. The molecule has 0 aliphatic carbocycles. The van der Waals surface area contributed by atoms with Gasteiger partial charge in [0.1, 0.15) is 11.3 Å². The van der Waals surface area contributed by atoms with Crippen molar-refractivity contribution < 1.29 is 19.1 Å². The smallest absolute Gasteiger partial charge is 0.412 e. The van der Waals surface area contributed by atoms with E-state index >= 15 is 0 Å². The van der Waals surface area contributed by atoms with E-state index in [2.05, 4.69) is 10.1 Å². The molecule has 1 unspecified atom stereocenters. The normalized spacial score (nSPS) is 15.7. The average molecular weight is 409 g/mol. The molecule has 142 valence electrons. The number of carbonyl (C=O) groups is 2. The number of rotatable bonds is 4. The lowest BCUT2D eigenvalue weighted by Gasteiger charge is -2.28. The quantitative estimate of drug-likeness (QED) is 0.594. The van der Waals surface area contributed by atoms with Crippen LogP contribution in [0.25, 0.3) is 0 Å². The van der Waals surface area contributed by atoms with Gasteiger partial charge in [0.05, 0.1) is 17.2 Å². The SMILES string of the molecule is COc1cc2c(cc1C(=O)OC(N)=O)C(Cc1ccc(Cl)c(Cl)c1)NCC2. The van der Waals surface area contributed by atoms with Crippen LogP contribution in [0.2, 0.25) is 10.0 Å². The number of carbonyl (C=O) groups excluding carboxylic acids is 2. The first-order valence-corrected chi connectivity index (χ1v) is 9.04. The summed E-state index contributed by atoms with van der Waals surface area (Å²) in [5.74, 6) is -0.504. The Morgan fingerprint density at radius 1 is 1.22 bits per heavy atom. The van der Waals surface area contributed by atoms with Crippen LogP contribution in [0.4, 0.5) is 4.79 Å². The van der Waals surface area contributed by atoms with Crippen LogP contribution >= 0.6 is 23.2 Å². The van der Waals surface area contributed by atoms with Gasteiger partial charge in [0.2, 0.25) is 0 Å². The van der Waals surface area contributed by atoms with Crippen molar-refractivity contribution in [1.29, 1.82) is 0 Å². The number of methoxy groups -OCH3 is 1. The molecule has 6 nitrogen and oxygen atoms in total. The number of esters is 1. The van der Waals surface area contributed by atoms with Gasteiger partial charge >= 0.3 is 12.1 Å².